The number of nitrogens with one attached hydrogen (secondary N) is 1. The fourth-order valence-corrected chi connectivity index (χ4v) is 8.63. The molecule has 0 aliphatic carbocycles. The number of imide groups is 1. The number of ketones is 1. The van der Waals surface area contributed by atoms with Crippen LogP contribution in [0.3, 0.4) is 0 Å². The van der Waals surface area contributed by atoms with E-state index in [4.69, 9.17) is 28.6 Å². The van der Waals surface area contributed by atoms with Crippen molar-refractivity contribution >= 4 is 63.8 Å². The smallest absolute Gasteiger partial charge is 0.419 e. The molecule has 3 amide bonds. The van der Waals surface area contributed by atoms with Gasteiger partial charge >= 0.3 is 6.18 Å². The second-order valence-electron chi connectivity index (χ2n) is 15.5. The Balaban J connectivity index is 1.02. The number of alkyl halides is 3. The summed E-state index contributed by atoms with van der Waals surface area (Å²) in [6.45, 7) is 11.1. The van der Waals surface area contributed by atoms with Gasteiger partial charge in [0.2, 0.25) is 11.8 Å². The molecule has 1 N–H and O–H groups in total. The highest BCUT2D eigenvalue weighted by molar-refractivity contribution is 7.81. The highest BCUT2D eigenvalue weighted by Crippen LogP contribution is 2.40. The van der Waals surface area contributed by atoms with Gasteiger partial charge < -0.3 is 9.64 Å². The molecule has 1 unspecified atom stereocenters. The lowest BCUT2D eigenvalue weighted by Crippen LogP contribution is -2.52. The van der Waals surface area contributed by atoms with Gasteiger partial charge in [-0.1, -0.05) is 24.6 Å². The highest BCUT2D eigenvalue weighted by atomic mass is 35.5. The second kappa shape index (κ2) is 17.7. The van der Waals surface area contributed by atoms with Gasteiger partial charge in [-0.3, -0.25) is 39.2 Å². The number of halogens is 4. The molecule has 17 heteroatoms. The third-order valence-electron chi connectivity index (χ3n) is 11.2. The van der Waals surface area contributed by atoms with E-state index in [9.17, 15) is 37.6 Å². The number of benzene rings is 2. The summed E-state index contributed by atoms with van der Waals surface area (Å²) < 4.78 is 47.5. The Morgan fingerprint density at radius 3 is 2.46 bits per heavy atom. The number of amides is 3. The Hall–Kier alpha value is -4.95. The van der Waals surface area contributed by atoms with Gasteiger partial charge in [0.15, 0.2) is 16.6 Å². The van der Waals surface area contributed by atoms with Crippen LogP contribution in [0, 0.1) is 17.2 Å². The van der Waals surface area contributed by atoms with Crippen molar-refractivity contribution in [2.24, 2.45) is 5.92 Å². The minimum atomic E-state index is -4.86. The molecule has 3 saturated heterocycles. The van der Waals surface area contributed by atoms with Gasteiger partial charge in [0.1, 0.15) is 24.0 Å². The summed E-state index contributed by atoms with van der Waals surface area (Å²) in [6.07, 6.45) is -1.78. The number of piperazine rings is 1. The maximum absolute atomic E-state index is 13.7. The van der Waals surface area contributed by atoms with Crippen LogP contribution in [0.25, 0.3) is 0 Å². The Morgan fingerprint density at radius 1 is 1.08 bits per heavy atom. The molecule has 0 radical (unpaired) electrons. The third kappa shape index (κ3) is 9.59. The minimum absolute atomic E-state index is 0.0221. The van der Waals surface area contributed by atoms with Crippen LogP contribution in [-0.4, -0.2) is 94.3 Å². The number of aromatic nitrogens is 1. The predicted octanol–water partition coefficient (Wildman–Crippen LogP) is 5.90. The van der Waals surface area contributed by atoms with Crippen LogP contribution in [0.15, 0.2) is 48.7 Å². The Morgan fingerprint density at radius 2 is 1.80 bits per heavy atom. The van der Waals surface area contributed by atoms with Crippen LogP contribution in [0.2, 0.25) is 5.02 Å². The number of carbonyl (C=O) groups is 4. The molecule has 312 valence electrons. The van der Waals surface area contributed by atoms with E-state index in [-0.39, 0.29) is 46.8 Å². The van der Waals surface area contributed by atoms with Gasteiger partial charge in [-0.15, -0.1) is 0 Å². The minimum Gasteiger partial charge on any atom is -0.492 e. The molecule has 0 bridgehead atoms. The van der Waals surface area contributed by atoms with Crippen molar-refractivity contribution in [1.82, 2.24) is 20.1 Å². The average molecular weight is 852 g/mol. The normalized spacial score (nSPS) is 19.5. The van der Waals surface area contributed by atoms with Crippen LogP contribution >= 0.6 is 23.8 Å². The topological polar surface area (TPSA) is 139 Å². The van der Waals surface area contributed by atoms with Crippen molar-refractivity contribution in [2.75, 3.05) is 49.1 Å². The van der Waals surface area contributed by atoms with Crippen molar-refractivity contribution in [3.05, 3.63) is 81.6 Å². The van der Waals surface area contributed by atoms with Gasteiger partial charge in [0.05, 0.1) is 23.5 Å². The van der Waals surface area contributed by atoms with Crippen LogP contribution < -0.4 is 19.9 Å². The van der Waals surface area contributed by atoms with E-state index in [1.807, 2.05) is 26.0 Å². The zero-order valence-corrected chi connectivity index (χ0v) is 34.8. The Kier molecular flexibility index (Phi) is 13.1. The maximum Gasteiger partial charge on any atom is 0.419 e. The number of hydrogen-bond donors (Lipinski definition) is 1. The summed E-state index contributed by atoms with van der Waals surface area (Å²) in [5.41, 5.74) is -0.415. The average Bonchev–Trinajstić information content (AvgIpc) is 3.36. The van der Waals surface area contributed by atoms with Gasteiger partial charge in [0, 0.05) is 62.2 Å². The fourth-order valence-electron chi connectivity index (χ4n) is 7.83. The first-order valence-corrected chi connectivity index (χ1v) is 20.2. The van der Waals surface area contributed by atoms with E-state index in [1.54, 1.807) is 43.0 Å². The zero-order valence-electron chi connectivity index (χ0n) is 33.2. The molecular weight excluding hydrogens is 807 g/mol. The number of hydrogen-bond acceptors (Lipinski definition) is 10. The summed E-state index contributed by atoms with van der Waals surface area (Å²) in [5, 5.41) is 12.0. The number of aryl methyl sites for hydroxylation is 1. The number of Topliss-reactive ketones (excluding diaryl/α,β-unsaturated/α-hetero) is 1. The lowest BCUT2D eigenvalue weighted by molar-refractivity contribution is -0.138. The van der Waals surface area contributed by atoms with Gasteiger partial charge in [0.25, 0.3) is 5.91 Å². The second-order valence-corrected chi connectivity index (χ2v) is 16.3. The Bertz CT molecular complexity index is 2210. The van der Waals surface area contributed by atoms with Gasteiger partial charge in [-0.25, -0.2) is 4.98 Å². The molecule has 6 rings (SSSR count). The monoisotopic (exact) mass is 851 g/mol. The van der Waals surface area contributed by atoms with E-state index in [1.165, 1.54) is 6.07 Å². The van der Waals surface area contributed by atoms with Crippen molar-refractivity contribution in [3.8, 4) is 11.8 Å². The largest absolute Gasteiger partial charge is 0.492 e. The molecular formula is C42H45ClF3N7O5S. The zero-order chi connectivity index (χ0) is 42.8. The van der Waals surface area contributed by atoms with Crippen LogP contribution in [0.5, 0.6) is 5.75 Å². The third-order valence-corrected chi connectivity index (χ3v) is 11.8. The van der Waals surface area contributed by atoms with Crippen molar-refractivity contribution in [2.45, 2.75) is 77.6 Å². The molecule has 59 heavy (non-hydrogen) atoms. The van der Waals surface area contributed by atoms with Crippen molar-refractivity contribution in [1.29, 1.82) is 5.26 Å². The maximum atomic E-state index is 13.7. The molecule has 2 aromatic carbocycles. The lowest BCUT2D eigenvalue weighted by Gasteiger charge is -2.37. The summed E-state index contributed by atoms with van der Waals surface area (Å²) in [6, 6.07) is 12.8. The summed E-state index contributed by atoms with van der Waals surface area (Å²) >= 11 is 12.1. The van der Waals surface area contributed by atoms with E-state index in [2.05, 4.69) is 20.1 Å². The van der Waals surface area contributed by atoms with Gasteiger partial charge in [-0.2, -0.15) is 18.4 Å². The first kappa shape index (κ1) is 43.6. The predicted molar refractivity (Wildman–Crippen MR) is 219 cm³/mol. The number of ether oxygens (including phenoxy) is 1. The van der Waals surface area contributed by atoms with Crippen molar-refractivity contribution in [3.63, 3.8) is 0 Å². The van der Waals surface area contributed by atoms with E-state index in [0.717, 1.165) is 46.9 Å². The summed E-state index contributed by atoms with van der Waals surface area (Å²) in [4.78, 5) is 61.6. The number of thiocarbonyl (C=S) groups is 1. The molecule has 3 aromatic rings. The quantitative estimate of drug-likeness (QED) is 0.163. The van der Waals surface area contributed by atoms with E-state index < -0.39 is 28.9 Å². The molecule has 3 aliphatic rings. The van der Waals surface area contributed by atoms with E-state index >= 15 is 0 Å². The molecule has 0 spiro atoms. The lowest BCUT2D eigenvalue weighted by atomic mass is 9.90. The number of carbonyl (C=O) groups excluding carboxylic acids is 4. The Labute approximate surface area is 351 Å². The molecule has 4 heterocycles. The molecule has 3 fully saturated rings. The molecule has 2 atom stereocenters. The number of nitriles is 1. The number of piperidine rings is 1. The first-order chi connectivity index (χ1) is 27.9. The number of anilines is 2. The summed E-state index contributed by atoms with van der Waals surface area (Å²) in [7, 11) is 0. The van der Waals surface area contributed by atoms with Crippen molar-refractivity contribution < 1.29 is 37.1 Å². The van der Waals surface area contributed by atoms with Gasteiger partial charge in [-0.05, 0) is 105 Å². The van der Waals surface area contributed by atoms with Crippen LogP contribution in [-0.2, 0) is 44.6 Å². The number of pyridine rings is 1. The first-order valence-electron chi connectivity index (χ1n) is 19.4. The molecule has 3 aliphatic heterocycles. The van der Waals surface area contributed by atoms with E-state index in [0.29, 0.717) is 68.4 Å². The number of nitrogens with zero attached hydrogens (tertiary/aromatic N) is 6. The molecule has 12 nitrogen and oxygen atoms in total. The highest BCUT2D eigenvalue weighted by Gasteiger charge is 2.51. The molecule has 1 aromatic heterocycles. The fraction of sp³-hybridized carbons (Fsp3) is 0.452. The number of rotatable bonds is 13. The molecule has 0 saturated carbocycles. The van der Waals surface area contributed by atoms with Crippen LogP contribution in [0.4, 0.5) is 24.5 Å². The summed E-state index contributed by atoms with van der Waals surface area (Å²) in [5.74, 6) is -0.665. The standard InChI is InChI=1S/C42H45ClF3N7O5S/c1-5-28-21-31(53-40(59)52(39(57)41(53,3)4)32-22-33(42(44,45)46)34(23-47)48-24-32)7-8-36(28)58-15-14-50-10-12-51(13-11-50)25(2)35(54)20-27-16-26(18-30(43)19-27)17-29-6-9-37(55)49-38(29)56/h7-8,16,18-19,21-22,24-25,29H,5-6,9-15,17,20H2,1-4H3,(H,49,55,56)/t25-,29?/m0/s1. The SMILES string of the molecule is CCc1cc(N2C(=S)N(c3cnc(C#N)c(C(F)(F)F)c3)C(=O)C2(C)C)ccc1OCCN1CCN([C@@H](C)C(=O)Cc2cc(Cl)cc(CC3CCC(=O)NC3=O)c2)CC1. The van der Waals surface area contributed by atoms with Crippen LogP contribution in [0.1, 0.15) is 68.5 Å².